The number of aromatic nitrogens is 1. The normalized spacial score (nSPS) is 16.2. The van der Waals surface area contributed by atoms with Gasteiger partial charge in [-0.25, -0.2) is 0 Å². The molecule has 0 unspecified atom stereocenters. The van der Waals surface area contributed by atoms with Crippen LogP contribution in [0.2, 0.25) is 0 Å². The van der Waals surface area contributed by atoms with E-state index in [4.69, 9.17) is 5.73 Å². The zero-order valence-corrected chi connectivity index (χ0v) is 14.5. The van der Waals surface area contributed by atoms with E-state index in [9.17, 15) is 0 Å². The summed E-state index contributed by atoms with van der Waals surface area (Å²) >= 11 is 0. The van der Waals surface area contributed by atoms with Crippen LogP contribution in [0.25, 0.3) is 5.57 Å². The number of piperidine rings is 1. The molecular formula is C21H27N3. The monoisotopic (exact) mass is 321 g/mol. The second-order valence-corrected chi connectivity index (χ2v) is 6.78. The Morgan fingerprint density at radius 3 is 2.54 bits per heavy atom. The lowest BCUT2D eigenvalue weighted by Crippen LogP contribution is -2.35. The van der Waals surface area contributed by atoms with E-state index in [0.29, 0.717) is 5.92 Å². The average Bonchev–Trinajstić information content (AvgIpc) is 2.61. The van der Waals surface area contributed by atoms with Crippen molar-refractivity contribution in [2.45, 2.75) is 26.2 Å². The maximum Gasteiger partial charge on any atom is 0.0419 e. The number of hydrogen-bond donors (Lipinski definition) is 1. The Labute approximate surface area is 145 Å². The Morgan fingerprint density at radius 2 is 1.88 bits per heavy atom. The number of nitrogen functional groups attached to an aromatic ring is 1. The van der Waals surface area contributed by atoms with Gasteiger partial charge in [-0.2, -0.15) is 0 Å². The number of anilines is 1. The summed E-state index contributed by atoms with van der Waals surface area (Å²) in [6, 6.07) is 14.4. The van der Waals surface area contributed by atoms with Crippen LogP contribution in [0.5, 0.6) is 0 Å². The smallest absolute Gasteiger partial charge is 0.0419 e. The van der Waals surface area contributed by atoms with Gasteiger partial charge in [0, 0.05) is 30.0 Å². The quantitative estimate of drug-likeness (QED) is 0.848. The largest absolute Gasteiger partial charge is 0.399 e. The molecule has 0 saturated carbocycles. The van der Waals surface area contributed by atoms with Gasteiger partial charge in [0.2, 0.25) is 0 Å². The Morgan fingerprint density at radius 1 is 1.17 bits per heavy atom. The van der Waals surface area contributed by atoms with Crippen molar-refractivity contribution in [1.29, 1.82) is 0 Å². The van der Waals surface area contributed by atoms with Crippen molar-refractivity contribution >= 4 is 11.3 Å². The summed E-state index contributed by atoms with van der Waals surface area (Å²) in [6.07, 6.45) is 3.40. The van der Waals surface area contributed by atoms with Crippen LogP contribution in [0.15, 0.2) is 49.0 Å². The molecule has 0 spiro atoms. The van der Waals surface area contributed by atoms with Crippen molar-refractivity contribution in [1.82, 2.24) is 9.88 Å². The molecule has 0 radical (unpaired) electrons. The lowest BCUT2D eigenvalue weighted by molar-refractivity contribution is 0.208. The molecule has 3 rings (SSSR count). The zero-order chi connectivity index (χ0) is 16.9. The highest BCUT2D eigenvalue weighted by Gasteiger charge is 2.21. The summed E-state index contributed by atoms with van der Waals surface area (Å²) in [5, 5.41) is 0. The molecule has 0 aliphatic carbocycles. The van der Waals surface area contributed by atoms with Gasteiger partial charge in [-0.1, -0.05) is 24.8 Å². The average molecular weight is 321 g/mol. The molecule has 1 fully saturated rings. The Bertz CT molecular complexity index is 682. The van der Waals surface area contributed by atoms with Gasteiger partial charge in [-0.3, -0.25) is 4.98 Å². The number of allylic oxidation sites excluding steroid dienone is 1. The zero-order valence-electron chi connectivity index (χ0n) is 14.5. The number of likely N-dealkylation sites (tertiary alicyclic amines) is 1. The molecule has 126 valence electrons. The van der Waals surface area contributed by atoms with Gasteiger partial charge in [-0.05, 0) is 74.2 Å². The summed E-state index contributed by atoms with van der Waals surface area (Å²) in [6.45, 7) is 9.77. The highest BCUT2D eigenvalue weighted by Crippen LogP contribution is 2.30. The van der Waals surface area contributed by atoms with E-state index < -0.39 is 0 Å². The fourth-order valence-electron chi connectivity index (χ4n) is 3.45. The summed E-state index contributed by atoms with van der Waals surface area (Å²) in [7, 11) is 0. The topological polar surface area (TPSA) is 42.1 Å². The molecule has 24 heavy (non-hydrogen) atoms. The maximum atomic E-state index is 5.77. The van der Waals surface area contributed by atoms with E-state index >= 15 is 0 Å². The third kappa shape index (κ3) is 4.24. The van der Waals surface area contributed by atoms with Crippen LogP contribution in [0.3, 0.4) is 0 Å². The second-order valence-electron chi connectivity index (χ2n) is 6.78. The van der Waals surface area contributed by atoms with Gasteiger partial charge in [0.25, 0.3) is 0 Å². The first-order valence-electron chi connectivity index (χ1n) is 8.81. The van der Waals surface area contributed by atoms with E-state index in [0.717, 1.165) is 37.4 Å². The highest BCUT2D eigenvalue weighted by atomic mass is 15.1. The van der Waals surface area contributed by atoms with Crippen LogP contribution in [0.4, 0.5) is 5.69 Å². The molecule has 0 amide bonds. The predicted molar refractivity (Wildman–Crippen MR) is 102 cm³/mol. The third-order valence-corrected chi connectivity index (χ3v) is 4.99. The van der Waals surface area contributed by atoms with Crippen LogP contribution in [-0.2, 0) is 6.42 Å². The fraction of sp³-hybridized carbons (Fsp3) is 0.381. The molecule has 2 heterocycles. The number of nitrogens with zero attached hydrogens (tertiary/aromatic N) is 2. The maximum absolute atomic E-state index is 5.77. The number of pyridine rings is 1. The standard InChI is InChI=1S/C21H27N3/c1-16-4-3-5-21(23-16)12-15-24-13-10-19(11-14-24)17(2)18-6-8-20(22)9-7-18/h3-9,19H,2,10-15,22H2,1H3. The summed E-state index contributed by atoms with van der Waals surface area (Å²) < 4.78 is 0. The molecule has 3 heteroatoms. The van der Waals surface area contributed by atoms with Gasteiger partial charge in [0.15, 0.2) is 0 Å². The van der Waals surface area contributed by atoms with Gasteiger partial charge < -0.3 is 10.6 Å². The molecular weight excluding hydrogens is 294 g/mol. The molecule has 1 aliphatic heterocycles. The molecule has 1 saturated heterocycles. The minimum Gasteiger partial charge on any atom is -0.399 e. The van der Waals surface area contributed by atoms with Crippen LogP contribution < -0.4 is 5.73 Å². The molecule has 3 nitrogen and oxygen atoms in total. The van der Waals surface area contributed by atoms with E-state index in [1.165, 1.54) is 29.7 Å². The molecule has 0 atom stereocenters. The van der Waals surface area contributed by atoms with Crippen molar-refractivity contribution in [3.05, 3.63) is 66.0 Å². The second kappa shape index (κ2) is 7.63. The van der Waals surface area contributed by atoms with Gasteiger partial charge in [-0.15, -0.1) is 0 Å². The highest BCUT2D eigenvalue weighted by molar-refractivity contribution is 5.66. The van der Waals surface area contributed by atoms with Crippen LogP contribution in [0, 0.1) is 12.8 Å². The van der Waals surface area contributed by atoms with Crippen molar-refractivity contribution in [2.24, 2.45) is 5.92 Å². The van der Waals surface area contributed by atoms with Crippen LogP contribution >= 0.6 is 0 Å². The molecule has 2 aromatic rings. The first-order chi connectivity index (χ1) is 11.6. The van der Waals surface area contributed by atoms with Gasteiger partial charge >= 0.3 is 0 Å². The minimum absolute atomic E-state index is 0.585. The van der Waals surface area contributed by atoms with E-state index in [2.05, 4.69) is 53.7 Å². The number of aryl methyl sites for hydroxylation is 1. The fourth-order valence-corrected chi connectivity index (χ4v) is 3.45. The minimum atomic E-state index is 0.585. The van der Waals surface area contributed by atoms with Crippen molar-refractivity contribution in [3.8, 4) is 0 Å². The molecule has 1 aromatic heterocycles. The SMILES string of the molecule is C=C(c1ccc(N)cc1)C1CCN(CCc2cccc(C)n2)CC1. The van der Waals surface area contributed by atoms with E-state index in [1.54, 1.807) is 0 Å². The van der Waals surface area contributed by atoms with E-state index in [-0.39, 0.29) is 0 Å². The van der Waals surface area contributed by atoms with Crippen molar-refractivity contribution in [3.63, 3.8) is 0 Å². The Kier molecular flexibility index (Phi) is 5.31. The van der Waals surface area contributed by atoms with Gasteiger partial charge in [0.05, 0.1) is 0 Å². The molecule has 1 aromatic carbocycles. The Balaban J connectivity index is 1.48. The van der Waals surface area contributed by atoms with Crippen LogP contribution in [0.1, 0.15) is 29.8 Å². The molecule has 1 aliphatic rings. The lowest BCUT2D eigenvalue weighted by Gasteiger charge is -2.33. The van der Waals surface area contributed by atoms with Gasteiger partial charge in [0.1, 0.15) is 0 Å². The number of hydrogen-bond acceptors (Lipinski definition) is 3. The summed E-state index contributed by atoms with van der Waals surface area (Å²) in [5.74, 6) is 0.585. The summed E-state index contributed by atoms with van der Waals surface area (Å²) in [4.78, 5) is 7.15. The number of rotatable bonds is 5. The van der Waals surface area contributed by atoms with Crippen LogP contribution in [-0.4, -0.2) is 29.5 Å². The predicted octanol–water partition coefficient (Wildman–Crippen LogP) is 3.94. The third-order valence-electron chi connectivity index (χ3n) is 4.99. The number of nitrogens with two attached hydrogens (primary N) is 1. The number of benzene rings is 1. The summed E-state index contributed by atoms with van der Waals surface area (Å²) in [5.41, 5.74) is 11.4. The molecule has 0 bridgehead atoms. The van der Waals surface area contributed by atoms with E-state index in [1.807, 2.05) is 12.1 Å². The lowest BCUT2D eigenvalue weighted by atomic mass is 9.86. The molecule has 2 N–H and O–H groups in total. The van der Waals surface area contributed by atoms with Crippen molar-refractivity contribution < 1.29 is 0 Å². The first kappa shape index (κ1) is 16.7. The first-order valence-corrected chi connectivity index (χ1v) is 8.81. The Hall–Kier alpha value is -2.13. The van der Waals surface area contributed by atoms with Crippen molar-refractivity contribution in [2.75, 3.05) is 25.4 Å².